The van der Waals surface area contributed by atoms with E-state index in [1.807, 2.05) is 68.4 Å². The fourth-order valence-corrected chi connectivity index (χ4v) is 1.74. The molecule has 0 saturated carbocycles. The van der Waals surface area contributed by atoms with Crippen molar-refractivity contribution in [2.24, 2.45) is 0 Å². The lowest BCUT2D eigenvalue weighted by molar-refractivity contribution is 0.121. The van der Waals surface area contributed by atoms with Gasteiger partial charge in [-0.1, -0.05) is 48.0 Å². The molecule has 19 heavy (non-hydrogen) atoms. The van der Waals surface area contributed by atoms with Gasteiger partial charge >= 0.3 is 6.09 Å². The van der Waals surface area contributed by atoms with Gasteiger partial charge in [0.2, 0.25) is 0 Å². The molecular weight excluding hydrogens is 238 g/mol. The quantitative estimate of drug-likeness (QED) is 0.887. The Labute approximate surface area is 113 Å². The summed E-state index contributed by atoms with van der Waals surface area (Å²) in [6, 6.07) is 17.2. The number of carbonyl (C=O) groups excluding carboxylic acids is 1. The number of hydrogen-bond acceptors (Lipinski definition) is 2. The van der Waals surface area contributed by atoms with Gasteiger partial charge in [-0.3, -0.25) is 5.32 Å². The summed E-state index contributed by atoms with van der Waals surface area (Å²) < 4.78 is 5.32. The average Bonchev–Trinajstić information content (AvgIpc) is 2.42. The van der Waals surface area contributed by atoms with Crippen LogP contribution in [-0.4, -0.2) is 6.09 Å². The largest absolute Gasteiger partial charge is 0.441 e. The van der Waals surface area contributed by atoms with E-state index in [4.69, 9.17) is 4.74 Å². The Kier molecular flexibility index (Phi) is 4.18. The van der Waals surface area contributed by atoms with Crippen LogP contribution in [0.4, 0.5) is 10.5 Å². The number of carbonyl (C=O) groups is 1. The highest BCUT2D eigenvalue weighted by atomic mass is 16.6. The zero-order valence-electron chi connectivity index (χ0n) is 11.1. The first-order valence-electron chi connectivity index (χ1n) is 6.24. The minimum absolute atomic E-state index is 0.272. The first kappa shape index (κ1) is 13.1. The third-order valence-electron chi connectivity index (χ3n) is 2.85. The molecule has 3 nitrogen and oxygen atoms in total. The number of anilines is 1. The molecular formula is C16H17NO2. The van der Waals surface area contributed by atoms with Gasteiger partial charge in [0.25, 0.3) is 0 Å². The molecule has 3 heteroatoms. The monoisotopic (exact) mass is 255 g/mol. The molecule has 0 aliphatic rings. The molecule has 0 fully saturated rings. The summed E-state index contributed by atoms with van der Waals surface area (Å²) in [7, 11) is 0. The number of nitrogens with one attached hydrogen (secondary N) is 1. The van der Waals surface area contributed by atoms with Crippen molar-refractivity contribution in [3.8, 4) is 0 Å². The van der Waals surface area contributed by atoms with Gasteiger partial charge in [-0.15, -0.1) is 0 Å². The maximum absolute atomic E-state index is 11.7. The second kappa shape index (κ2) is 6.05. The number of aryl methyl sites for hydroxylation is 1. The Morgan fingerprint density at radius 3 is 2.32 bits per heavy atom. The predicted molar refractivity (Wildman–Crippen MR) is 76.1 cm³/mol. The Morgan fingerprint density at radius 2 is 1.68 bits per heavy atom. The van der Waals surface area contributed by atoms with Crippen molar-refractivity contribution in [3.63, 3.8) is 0 Å². The van der Waals surface area contributed by atoms with E-state index in [0.717, 1.165) is 16.8 Å². The average molecular weight is 255 g/mol. The number of ether oxygens (including phenoxy) is 1. The van der Waals surface area contributed by atoms with Crippen molar-refractivity contribution in [1.82, 2.24) is 0 Å². The van der Waals surface area contributed by atoms with Crippen molar-refractivity contribution in [1.29, 1.82) is 0 Å². The van der Waals surface area contributed by atoms with Gasteiger partial charge in [-0.25, -0.2) is 4.79 Å². The van der Waals surface area contributed by atoms with Gasteiger partial charge in [0.15, 0.2) is 0 Å². The highest BCUT2D eigenvalue weighted by Crippen LogP contribution is 2.17. The molecule has 2 aromatic rings. The van der Waals surface area contributed by atoms with E-state index in [0.29, 0.717) is 0 Å². The third kappa shape index (κ3) is 3.85. The van der Waals surface area contributed by atoms with Crippen LogP contribution < -0.4 is 5.32 Å². The normalized spacial score (nSPS) is 11.7. The van der Waals surface area contributed by atoms with Crippen molar-refractivity contribution in [3.05, 3.63) is 65.7 Å². The lowest BCUT2D eigenvalue weighted by atomic mass is 10.1. The fraction of sp³-hybridized carbons (Fsp3) is 0.188. The van der Waals surface area contributed by atoms with E-state index in [1.54, 1.807) is 0 Å². The molecule has 0 aliphatic carbocycles. The summed E-state index contributed by atoms with van der Waals surface area (Å²) >= 11 is 0. The van der Waals surface area contributed by atoms with Crippen LogP contribution in [0.15, 0.2) is 54.6 Å². The van der Waals surface area contributed by atoms with E-state index in [2.05, 4.69) is 5.32 Å². The molecule has 0 bridgehead atoms. The van der Waals surface area contributed by atoms with Crippen LogP contribution in [0.5, 0.6) is 0 Å². The lowest BCUT2D eigenvalue weighted by Gasteiger charge is -2.14. The van der Waals surface area contributed by atoms with Crippen LogP contribution in [0.1, 0.15) is 24.2 Å². The van der Waals surface area contributed by atoms with Crippen LogP contribution in [0.25, 0.3) is 0 Å². The topological polar surface area (TPSA) is 38.3 Å². The molecule has 2 rings (SSSR count). The van der Waals surface area contributed by atoms with E-state index in [-0.39, 0.29) is 6.10 Å². The minimum atomic E-state index is -0.444. The summed E-state index contributed by atoms with van der Waals surface area (Å²) in [5.74, 6) is 0. The molecule has 1 atom stereocenters. The zero-order chi connectivity index (χ0) is 13.7. The first-order valence-corrected chi connectivity index (χ1v) is 6.24. The van der Waals surface area contributed by atoms with E-state index in [1.165, 1.54) is 0 Å². The van der Waals surface area contributed by atoms with Crippen LogP contribution in [0.2, 0.25) is 0 Å². The van der Waals surface area contributed by atoms with E-state index < -0.39 is 6.09 Å². The van der Waals surface area contributed by atoms with E-state index >= 15 is 0 Å². The molecule has 0 aromatic heterocycles. The third-order valence-corrected chi connectivity index (χ3v) is 2.85. The maximum Gasteiger partial charge on any atom is 0.412 e. The van der Waals surface area contributed by atoms with Crippen LogP contribution in [-0.2, 0) is 4.74 Å². The molecule has 1 unspecified atom stereocenters. The molecule has 0 spiro atoms. The van der Waals surface area contributed by atoms with Gasteiger partial charge < -0.3 is 4.74 Å². The fourth-order valence-electron chi connectivity index (χ4n) is 1.74. The van der Waals surface area contributed by atoms with Crippen molar-refractivity contribution in [2.75, 3.05) is 5.32 Å². The molecule has 1 N–H and O–H groups in total. The molecule has 0 saturated heterocycles. The highest BCUT2D eigenvalue weighted by molar-refractivity contribution is 5.84. The van der Waals surface area contributed by atoms with Crippen molar-refractivity contribution in [2.45, 2.75) is 20.0 Å². The summed E-state index contributed by atoms with van der Waals surface area (Å²) in [6.45, 7) is 3.85. The van der Waals surface area contributed by atoms with Gasteiger partial charge in [0.05, 0.1) is 0 Å². The molecule has 0 radical (unpaired) electrons. The van der Waals surface area contributed by atoms with Gasteiger partial charge in [-0.2, -0.15) is 0 Å². The second-order valence-corrected chi connectivity index (χ2v) is 4.45. The number of rotatable bonds is 3. The Bertz CT molecular complexity index is 534. The summed E-state index contributed by atoms with van der Waals surface area (Å²) in [5.41, 5.74) is 2.86. The lowest BCUT2D eigenvalue weighted by Crippen LogP contribution is -2.15. The second-order valence-electron chi connectivity index (χ2n) is 4.45. The highest BCUT2D eigenvalue weighted by Gasteiger charge is 2.11. The van der Waals surface area contributed by atoms with Gasteiger partial charge in [0.1, 0.15) is 6.10 Å². The number of amides is 1. The summed E-state index contributed by atoms with van der Waals surface area (Å²) in [6.07, 6.45) is -0.716. The molecule has 1 amide bonds. The molecule has 98 valence electrons. The maximum atomic E-state index is 11.7. The smallest absolute Gasteiger partial charge is 0.412 e. The summed E-state index contributed by atoms with van der Waals surface area (Å²) in [5, 5.41) is 2.71. The first-order chi connectivity index (χ1) is 9.15. The molecule has 0 heterocycles. The van der Waals surface area contributed by atoms with Gasteiger partial charge in [0, 0.05) is 5.69 Å². The minimum Gasteiger partial charge on any atom is -0.441 e. The molecule has 0 aliphatic heterocycles. The predicted octanol–water partition coefficient (Wildman–Crippen LogP) is 4.30. The zero-order valence-corrected chi connectivity index (χ0v) is 11.1. The van der Waals surface area contributed by atoms with Crippen LogP contribution >= 0.6 is 0 Å². The van der Waals surface area contributed by atoms with E-state index in [9.17, 15) is 4.79 Å². The van der Waals surface area contributed by atoms with Crippen molar-refractivity contribution >= 4 is 11.8 Å². The van der Waals surface area contributed by atoms with Gasteiger partial charge in [-0.05, 0) is 31.5 Å². The Morgan fingerprint density at radius 1 is 1.05 bits per heavy atom. The summed E-state index contributed by atoms with van der Waals surface area (Å²) in [4.78, 5) is 11.7. The number of hydrogen-bond donors (Lipinski definition) is 1. The van der Waals surface area contributed by atoms with Crippen molar-refractivity contribution < 1.29 is 9.53 Å². The van der Waals surface area contributed by atoms with Crippen LogP contribution in [0, 0.1) is 6.92 Å². The van der Waals surface area contributed by atoms with Crippen LogP contribution in [0.3, 0.4) is 0 Å². The standard InChI is InChI=1S/C16H17NO2/c1-12-8-10-15(11-9-12)17-16(18)19-13(2)14-6-4-3-5-7-14/h3-11,13H,1-2H3,(H,17,18). The Hall–Kier alpha value is -2.29. The molecule has 2 aromatic carbocycles. The Balaban J connectivity index is 1.93. The number of benzene rings is 2. The SMILES string of the molecule is Cc1ccc(NC(=O)OC(C)c2ccccc2)cc1.